The molecule has 0 aliphatic carbocycles. The van der Waals surface area contributed by atoms with Crippen molar-refractivity contribution in [3.8, 4) is 5.69 Å². The summed E-state index contributed by atoms with van der Waals surface area (Å²) in [5, 5.41) is 3.89. The molecule has 0 unspecified atom stereocenters. The number of fused-ring (bicyclic) bond motifs is 2. The number of amides is 1. The fourth-order valence-corrected chi connectivity index (χ4v) is 3.27. The Morgan fingerprint density at radius 2 is 2.00 bits per heavy atom. The van der Waals surface area contributed by atoms with E-state index in [4.69, 9.17) is 5.73 Å². The highest BCUT2D eigenvalue weighted by Gasteiger charge is 2.15. The fraction of sp³-hybridized carbons (Fsp3) is 0.158. The van der Waals surface area contributed by atoms with Crippen LogP contribution in [0.15, 0.2) is 53.5 Å². The first kappa shape index (κ1) is 14.5. The highest BCUT2D eigenvalue weighted by atomic mass is 16.2. The van der Waals surface area contributed by atoms with Crippen LogP contribution in [0.3, 0.4) is 0 Å². The molecule has 1 aromatic heterocycles. The molecular formula is C19H17N3O2. The lowest BCUT2D eigenvalue weighted by Crippen LogP contribution is -2.24. The van der Waals surface area contributed by atoms with Crippen LogP contribution in [-0.4, -0.2) is 17.0 Å². The number of pyridine rings is 1. The number of anilines is 1. The highest BCUT2D eigenvalue weighted by Crippen LogP contribution is 2.26. The highest BCUT2D eigenvalue weighted by molar-refractivity contribution is 5.96. The van der Waals surface area contributed by atoms with Gasteiger partial charge in [0.05, 0.1) is 5.52 Å². The van der Waals surface area contributed by atoms with E-state index in [1.807, 2.05) is 22.8 Å². The minimum Gasteiger partial charge on any atom is -0.385 e. The minimum absolute atomic E-state index is 0.000574. The molecule has 0 saturated carbocycles. The van der Waals surface area contributed by atoms with Gasteiger partial charge in [0.25, 0.3) is 5.91 Å². The smallest absolute Gasteiger partial charge is 0.254 e. The minimum atomic E-state index is -0.712. The number of aryl methyl sites for hydroxylation is 1. The predicted molar refractivity (Wildman–Crippen MR) is 94.9 cm³/mol. The van der Waals surface area contributed by atoms with E-state index in [9.17, 15) is 9.59 Å². The summed E-state index contributed by atoms with van der Waals surface area (Å²) in [6, 6.07) is 13.4. The van der Waals surface area contributed by atoms with Crippen molar-refractivity contribution in [3.05, 3.63) is 70.0 Å². The zero-order valence-electron chi connectivity index (χ0n) is 13.1. The maximum absolute atomic E-state index is 12.5. The molecule has 5 nitrogen and oxygen atoms in total. The number of hydrogen-bond acceptors (Lipinski definition) is 3. The topological polar surface area (TPSA) is 77.1 Å². The Kier molecular flexibility index (Phi) is 3.34. The Bertz CT molecular complexity index is 1020. The van der Waals surface area contributed by atoms with E-state index >= 15 is 0 Å². The van der Waals surface area contributed by atoms with Gasteiger partial charge in [-0.1, -0.05) is 18.2 Å². The number of nitrogens with zero attached hydrogens (tertiary/aromatic N) is 1. The van der Waals surface area contributed by atoms with Gasteiger partial charge in [-0.15, -0.1) is 0 Å². The van der Waals surface area contributed by atoms with Crippen molar-refractivity contribution < 1.29 is 4.79 Å². The van der Waals surface area contributed by atoms with E-state index in [1.165, 1.54) is 11.8 Å². The standard InChI is InChI=1S/C19H17N3O2/c20-19(24)15-11-22(17-6-2-1-5-14(17)18(15)23)13-8-7-12-4-3-9-21-16(12)10-13/h1-2,5-8,10-11,21H,3-4,9H2,(H2,20,24). The molecular weight excluding hydrogens is 302 g/mol. The molecule has 1 aliphatic rings. The SMILES string of the molecule is NC(=O)c1cn(-c2ccc3c(c2)NCCC3)c2ccccc2c1=O. The quantitative estimate of drug-likeness (QED) is 0.761. The Hall–Kier alpha value is -3.08. The van der Waals surface area contributed by atoms with Crippen LogP contribution in [-0.2, 0) is 6.42 Å². The molecule has 4 rings (SSSR count). The summed E-state index contributed by atoms with van der Waals surface area (Å²) in [4.78, 5) is 24.1. The van der Waals surface area contributed by atoms with E-state index in [1.54, 1.807) is 12.1 Å². The first-order valence-corrected chi connectivity index (χ1v) is 7.96. The average Bonchev–Trinajstić information content (AvgIpc) is 2.61. The number of nitrogens with two attached hydrogens (primary N) is 1. The van der Waals surface area contributed by atoms with Crippen LogP contribution in [0, 0.1) is 0 Å². The molecule has 0 fully saturated rings. The Morgan fingerprint density at radius 1 is 1.17 bits per heavy atom. The van der Waals surface area contributed by atoms with Crippen LogP contribution >= 0.6 is 0 Å². The number of carbonyl (C=O) groups is 1. The van der Waals surface area contributed by atoms with E-state index in [2.05, 4.69) is 17.4 Å². The van der Waals surface area contributed by atoms with E-state index < -0.39 is 5.91 Å². The average molecular weight is 319 g/mol. The van der Waals surface area contributed by atoms with Gasteiger partial charge in [-0.3, -0.25) is 9.59 Å². The molecule has 0 radical (unpaired) electrons. The maximum Gasteiger partial charge on any atom is 0.254 e. The second-order valence-corrected chi connectivity index (χ2v) is 6.00. The lowest BCUT2D eigenvalue weighted by atomic mass is 10.0. The third kappa shape index (κ3) is 2.25. The van der Waals surface area contributed by atoms with Gasteiger partial charge in [-0.05, 0) is 42.7 Å². The van der Waals surface area contributed by atoms with Crippen LogP contribution in [0.4, 0.5) is 5.69 Å². The summed E-state index contributed by atoms with van der Waals surface area (Å²) in [5.41, 5.74) is 9.10. The van der Waals surface area contributed by atoms with Gasteiger partial charge in [0, 0.05) is 29.5 Å². The largest absolute Gasteiger partial charge is 0.385 e. The van der Waals surface area contributed by atoms with Crippen LogP contribution in [0.25, 0.3) is 16.6 Å². The number of primary amides is 1. The van der Waals surface area contributed by atoms with Crippen molar-refractivity contribution in [2.24, 2.45) is 5.73 Å². The molecule has 5 heteroatoms. The van der Waals surface area contributed by atoms with Crippen LogP contribution < -0.4 is 16.5 Å². The van der Waals surface area contributed by atoms with Crippen LogP contribution in [0.2, 0.25) is 0 Å². The molecule has 0 saturated heterocycles. The summed E-state index contributed by atoms with van der Waals surface area (Å²) in [5.74, 6) is -0.712. The molecule has 3 aromatic rings. The summed E-state index contributed by atoms with van der Waals surface area (Å²) in [6.07, 6.45) is 3.72. The first-order valence-electron chi connectivity index (χ1n) is 7.96. The second-order valence-electron chi connectivity index (χ2n) is 6.00. The Balaban J connectivity index is 2.01. The normalized spacial score (nSPS) is 13.3. The van der Waals surface area contributed by atoms with E-state index in [0.29, 0.717) is 5.39 Å². The summed E-state index contributed by atoms with van der Waals surface area (Å²) >= 11 is 0. The van der Waals surface area contributed by atoms with Crippen molar-refractivity contribution >= 4 is 22.5 Å². The monoisotopic (exact) mass is 319 g/mol. The van der Waals surface area contributed by atoms with Crippen LogP contribution in [0.1, 0.15) is 22.3 Å². The zero-order valence-corrected chi connectivity index (χ0v) is 13.1. The first-order chi connectivity index (χ1) is 11.6. The lowest BCUT2D eigenvalue weighted by Gasteiger charge is -2.20. The van der Waals surface area contributed by atoms with Gasteiger partial charge in [0.15, 0.2) is 0 Å². The molecule has 0 bridgehead atoms. The van der Waals surface area contributed by atoms with Gasteiger partial charge in [-0.25, -0.2) is 0 Å². The summed E-state index contributed by atoms with van der Waals surface area (Å²) in [7, 11) is 0. The maximum atomic E-state index is 12.5. The number of para-hydroxylation sites is 1. The number of hydrogen-bond donors (Lipinski definition) is 2. The van der Waals surface area contributed by atoms with Crippen molar-refractivity contribution in [3.63, 3.8) is 0 Å². The number of benzene rings is 2. The molecule has 0 atom stereocenters. The molecule has 24 heavy (non-hydrogen) atoms. The van der Waals surface area contributed by atoms with Gasteiger partial charge < -0.3 is 15.6 Å². The molecule has 120 valence electrons. The molecule has 0 spiro atoms. The van der Waals surface area contributed by atoms with E-state index in [-0.39, 0.29) is 11.0 Å². The summed E-state index contributed by atoms with van der Waals surface area (Å²) in [6.45, 7) is 0.952. The van der Waals surface area contributed by atoms with Crippen molar-refractivity contribution in [2.45, 2.75) is 12.8 Å². The van der Waals surface area contributed by atoms with Gasteiger partial charge in [0.1, 0.15) is 5.56 Å². The molecule has 1 aliphatic heterocycles. The van der Waals surface area contributed by atoms with Crippen LogP contribution in [0.5, 0.6) is 0 Å². The Morgan fingerprint density at radius 3 is 2.83 bits per heavy atom. The molecule has 2 heterocycles. The van der Waals surface area contributed by atoms with Gasteiger partial charge in [0.2, 0.25) is 5.43 Å². The summed E-state index contributed by atoms with van der Waals surface area (Å²) < 4.78 is 1.85. The fourth-order valence-electron chi connectivity index (χ4n) is 3.27. The number of carbonyl (C=O) groups excluding carboxylic acids is 1. The third-order valence-corrected chi connectivity index (χ3v) is 4.49. The molecule has 2 aromatic carbocycles. The lowest BCUT2D eigenvalue weighted by molar-refractivity contribution is 0.0999. The van der Waals surface area contributed by atoms with Crippen molar-refractivity contribution in [1.29, 1.82) is 0 Å². The molecule has 3 N–H and O–H groups in total. The van der Waals surface area contributed by atoms with E-state index in [0.717, 1.165) is 36.3 Å². The third-order valence-electron chi connectivity index (χ3n) is 4.49. The number of aromatic nitrogens is 1. The number of nitrogens with one attached hydrogen (secondary N) is 1. The van der Waals surface area contributed by atoms with Crippen molar-refractivity contribution in [1.82, 2.24) is 4.57 Å². The predicted octanol–water partition coefficient (Wildman–Crippen LogP) is 2.45. The van der Waals surface area contributed by atoms with Crippen molar-refractivity contribution in [2.75, 3.05) is 11.9 Å². The van der Waals surface area contributed by atoms with Gasteiger partial charge in [-0.2, -0.15) is 0 Å². The second kappa shape index (κ2) is 5.53. The van der Waals surface area contributed by atoms with Gasteiger partial charge >= 0.3 is 0 Å². The Labute approximate surface area is 138 Å². The number of rotatable bonds is 2. The molecule has 1 amide bonds. The zero-order chi connectivity index (χ0) is 16.7.